The number of allylic oxidation sites excluding steroid dienone is 1. The minimum Gasteiger partial charge on any atom is -0.422 e. The average molecular weight is 305 g/mol. The van der Waals surface area contributed by atoms with E-state index in [2.05, 4.69) is 0 Å². The Balaban J connectivity index is 2.26. The molecule has 0 saturated heterocycles. The maximum Gasteiger partial charge on any atom is 0.346 e. The Kier molecular flexibility index (Phi) is 4.85. The number of carbonyl (C=O) groups is 2. The SMILES string of the molecule is O=C(Cl)/C=C/c1ccccc1OC(=O)c1ccccc1F. The summed E-state index contributed by atoms with van der Waals surface area (Å²) in [6, 6.07) is 12.1. The summed E-state index contributed by atoms with van der Waals surface area (Å²) in [4.78, 5) is 22.7. The molecule has 0 spiro atoms. The van der Waals surface area contributed by atoms with Crippen molar-refractivity contribution >= 4 is 28.9 Å². The predicted molar refractivity (Wildman–Crippen MR) is 77.7 cm³/mol. The minimum absolute atomic E-state index is 0.162. The quantitative estimate of drug-likeness (QED) is 0.373. The van der Waals surface area contributed by atoms with Crippen molar-refractivity contribution in [3.05, 3.63) is 71.6 Å². The lowest BCUT2D eigenvalue weighted by Gasteiger charge is -2.07. The molecule has 2 rings (SSSR count). The Morgan fingerprint density at radius 2 is 1.71 bits per heavy atom. The standard InChI is InChI=1S/C16H10ClFO3/c17-15(19)10-9-11-5-1-4-8-14(11)21-16(20)12-6-2-3-7-13(12)18/h1-10H/b10-9+. The van der Waals surface area contributed by atoms with Crippen molar-refractivity contribution < 1.29 is 18.7 Å². The predicted octanol–water partition coefficient (Wildman–Crippen LogP) is 3.82. The molecule has 0 aliphatic heterocycles. The van der Waals surface area contributed by atoms with E-state index in [1.165, 1.54) is 36.4 Å². The van der Waals surface area contributed by atoms with Crippen LogP contribution < -0.4 is 4.74 Å². The number of halogens is 2. The van der Waals surface area contributed by atoms with Gasteiger partial charge in [-0.15, -0.1) is 0 Å². The fraction of sp³-hybridized carbons (Fsp3) is 0. The van der Waals surface area contributed by atoms with E-state index in [0.29, 0.717) is 5.56 Å². The van der Waals surface area contributed by atoms with Crippen LogP contribution in [0.4, 0.5) is 4.39 Å². The first-order chi connectivity index (χ1) is 10.1. The molecule has 0 aliphatic rings. The van der Waals surface area contributed by atoms with Gasteiger partial charge in [-0.05, 0) is 42.0 Å². The van der Waals surface area contributed by atoms with Gasteiger partial charge in [0.05, 0.1) is 5.56 Å². The summed E-state index contributed by atoms with van der Waals surface area (Å²) in [5, 5.41) is -0.648. The van der Waals surface area contributed by atoms with E-state index in [-0.39, 0.29) is 11.3 Å². The Morgan fingerprint density at radius 3 is 2.43 bits per heavy atom. The van der Waals surface area contributed by atoms with Crippen LogP contribution >= 0.6 is 11.6 Å². The van der Waals surface area contributed by atoms with Gasteiger partial charge in [-0.2, -0.15) is 0 Å². The highest BCUT2D eigenvalue weighted by molar-refractivity contribution is 6.66. The second kappa shape index (κ2) is 6.81. The first-order valence-corrected chi connectivity index (χ1v) is 6.39. The van der Waals surface area contributed by atoms with Crippen molar-refractivity contribution in [1.29, 1.82) is 0 Å². The van der Waals surface area contributed by atoms with Crippen LogP contribution in [0.3, 0.4) is 0 Å². The lowest BCUT2D eigenvalue weighted by molar-refractivity contribution is -0.107. The summed E-state index contributed by atoms with van der Waals surface area (Å²) in [7, 11) is 0. The molecule has 0 fully saturated rings. The normalized spacial score (nSPS) is 10.6. The molecule has 0 radical (unpaired) electrons. The average Bonchev–Trinajstić information content (AvgIpc) is 2.46. The number of hydrogen-bond acceptors (Lipinski definition) is 3. The highest BCUT2D eigenvalue weighted by Crippen LogP contribution is 2.21. The molecule has 5 heteroatoms. The summed E-state index contributed by atoms with van der Waals surface area (Å²) in [5.41, 5.74) is 0.320. The van der Waals surface area contributed by atoms with Gasteiger partial charge in [-0.3, -0.25) is 4.79 Å². The highest BCUT2D eigenvalue weighted by atomic mass is 35.5. The maximum atomic E-state index is 13.5. The molecule has 0 atom stereocenters. The van der Waals surface area contributed by atoms with Crippen molar-refractivity contribution in [2.45, 2.75) is 0 Å². The number of ether oxygens (including phenoxy) is 1. The molecule has 0 saturated carbocycles. The van der Waals surface area contributed by atoms with E-state index >= 15 is 0 Å². The van der Waals surface area contributed by atoms with Crippen molar-refractivity contribution in [3.8, 4) is 5.75 Å². The summed E-state index contributed by atoms with van der Waals surface area (Å²) < 4.78 is 18.7. The van der Waals surface area contributed by atoms with E-state index < -0.39 is 17.0 Å². The van der Waals surface area contributed by atoms with Crippen molar-refractivity contribution in [2.75, 3.05) is 0 Å². The van der Waals surface area contributed by atoms with Crippen LogP contribution in [0.1, 0.15) is 15.9 Å². The molecule has 2 aromatic carbocycles. The van der Waals surface area contributed by atoms with Crippen molar-refractivity contribution in [2.24, 2.45) is 0 Å². The smallest absolute Gasteiger partial charge is 0.346 e. The summed E-state index contributed by atoms with van der Waals surface area (Å²) in [6.07, 6.45) is 2.55. The minimum atomic E-state index is -0.814. The molecular weight excluding hydrogens is 295 g/mol. The van der Waals surface area contributed by atoms with E-state index in [1.54, 1.807) is 18.2 Å². The third kappa shape index (κ3) is 4.00. The van der Waals surface area contributed by atoms with Crippen LogP contribution in [-0.4, -0.2) is 11.2 Å². The molecular formula is C16H10ClFO3. The Hall–Kier alpha value is -2.46. The number of benzene rings is 2. The van der Waals surface area contributed by atoms with Gasteiger partial charge in [0.2, 0.25) is 5.24 Å². The van der Waals surface area contributed by atoms with Crippen LogP contribution in [0.2, 0.25) is 0 Å². The van der Waals surface area contributed by atoms with E-state index in [1.807, 2.05) is 0 Å². The zero-order chi connectivity index (χ0) is 15.2. The van der Waals surface area contributed by atoms with Crippen LogP contribution in [0.15, 0.2) is 54.6 Å². The molecule has 0 aromatic heterocycles. The van der Waals surface area contributed by atoms with Gasteiger partial charge >= 0.3 is 5.97 Å². The molecule has 0 heterocycles. The van der Waals surface area contributed by atoms with E-state index in [0.717, 1.165) is 6.08 Å². The Labute approximate surface area is 125 Å². The van der Waals surface area contributed by atoms with Crippen LogP contribution in [0, 0.1) is 5.82 Å². The maximum absolute atomic E-state index is 13.5. The largest absolute Gasteiger partial charge is 0.422 e. The third-order valence-corrected chi connectivity index (χ3v) is 2.74. The second-order valence-electron chi connectivity index (χ2n) is 4.04. The summed E-state index contributed by atoms with van der Waals surface area (Å²) in [6.45, 7) is 0. The molecule has 0 amide bonds. The molecule has 2 aromatic rings. The number of hydrogen-bond donors (Lipinski definition) is 0. The molecule has 0 N–H and O–H groups in total. The van der Waals surface area contributed by atoms with Gasteiger partial charge in [0.1, 0.15) is 11.6 Å². The second-order valence-corrected chi connectivity index (χ2v) is 4.42. The van der Waals surface area contributed by atoms with Gasteiger partial charge in [-0.25, -0.2) is 9.18 Å². The van der Waals surface area contributed by atoms with Crippen molar-refractivity contribution in [3.63, 3.8) is 0 Å². The lowest BCUT2D eigenvalue weighted by Crippen LogP contribution is -2.11. The topological polar surface area (TPSA) is 43.4 Å². The third-order valence-electron chi connectivity index (χ3n) is 2.61. The molecule has 21 heavy (non-hydrogen) atoms. The van der Waals surface area contributed by atoms with Crippen LogP contribution in [0.5, 0.6) is 5.75 Å². The van der Waals surface area contributed by atoms with Crippen molar-refractivity contribution in [1.82, 2.24) is 0 Å². The molecule has 3 nitrogen and oxygen atoms in total. The van der Waals surface area contributed by atoms with Gasteiger partial charge in [0.15, 0.2) is 0 Å². The van der Waals surface area contributed by atoms with Gasteiger partial charge in [0, 0.05) is 5.56 Å². The summed E-state index contributed by atoms with van der Waals surface area (Å²) >= 11 is 5.22. The first-order valence-electron chi connectivity index (χ1n) is 6.01. The molecule has 0 bridgehead atoms. The number of carbonyl (C=O) groups excluding carboxylic acids is 2. The zero-order valence-corrected chi connectivity index (χ0v) is 11.5. The summed E-state index contributed by atoms with van der Waals surface area (Å²) in [5.74, 6) is -1.27. The molecule has 106 valence electrons. The Bertz CT molecular complexity index is 710. The number of rotatable bonds is 4. The van der Waals surface area contributed by atoms with Gasteiger partial charge in [0.25, 0.3) is 0 Å². The lowest BCUT2D eigenvalue weighted by atomic mass is 10.2. The highest BCUT2D eigenvalue weighted by Gasteiger charge is 2.14. The monoisotopic (exact) mass is 304 g/mol. The zero-order valence-electron chi connectivity index (χ0n) is 10.8. The molecule has 0 unspecified atom stereocenters. The first kappa shape index (κ1) is 14.9. The van der Waals surface area contributed by atoms with Gasteiger partial charge < -0.3 is 4.74 Å². The number of esters is 1. The van der Waals surface area contributed by atoms with Gasteiger partial charge in [-0.1, -0.05) is 30.3 Å². The van der Waals surface area contributed by atoms with E-state index in [4.69, 9.17) is 16.3 Å². The van der Waals surface area contributed by atoms with Crippen LogP contribution in [-0.2, 0) is 4.79 Å². The fourth-order valence-electron chi connectivity index (χ4n) is 1.65. The molecule has 0 aliphatic carbocycles. The fourth-order valence-corrected chi connectivity index (χ4v) is 1.71. The van der Waals surface area contributed by atoms with Crippen LogP contribution in [0.25, 0.3) is 6.08 Å². The number of para-hydroxylation sites is 1. The van der Waals surface area contributed by atoms with E-state index in [9.17, 15) is 14.0 Å². The Morgan fingerprint density at radius 1 is 1.05 bits per heavy atom.